The number of rotatable bonds is 4. The lowest BCUT2D eigenvalue weighted by Crippen LogP contribution is -2.14. The fraction of sp³-hybridized carbons (Fsp3) is 0.167. The molecule has 0 aliphatic rings. The van der Waals surface area contributed by atoms with Gasteiger partial charge in [0.15, 0.2) is 5.69 Å². The molecule has 7 heteroatoms. The second-order valence-electron chi connectivity index (χ2n) is 5.53. The molecule has 0 bridgehead atoms. The maximum Gasteiger partial charge on any atom is 0.278 e. The molecule has 1 heterocycles. The van der Waals surface area contributed by atoms with Crippen LogP contribution in [0.25, 0.3) is 5.69 Å². The molecule has 3 aromatic rings. The molecule has 0 unspecified atom stereocenters. The van der Waals surface area contributed by atoms with E-state index >= 15 is 0 Å². The van der Waals surface area contributed by atoms with Gasteiger partial charge in [-0.2, -0.15) is 0 Å². The number of benzene rings is 2. The monoisotopic (exact) mass is 374 g/mol. The van der Waals surface area contributed by atoms with Gasteiger partial charge in [-0.15, -0.1) is 5.10 Å². The van der Waals surface area contributed by atoms with E-state index < -0.39 is 5.91 Å². The van der Waals surface area contributed by atoms with Gasteiger partial charge in [-0.1, -0.05) is 47.5 Å². The Labute approximate surface area is 155 Å². The van der Waals surface area contributed by atoms with E-state index in [0.29, 0.717) is 21.4 Å². The van der Waals surface area contributed by atoms with Crippen LogP contribution in [-0.4, -0.2) is 20.9 Å². The van der Waals surface area contributed by atoms with E-state index in [1.165, 1.54) is 5.56 Å². The molecule has 1 aromatic heterocycles. The van der Waals surface area contributed by atoms with Crippen LogP contribution in [-0.2, 0) is 6.42 Å². The fourth-order valence-corrected chi connectivity index (χ4v) is 2.77. The standard InChI is InChI=1S/C18H16Cl2N4O/c1-3-12-4-7-14(8-5-12)24-11(2)17(22-23-24)18(25)21-16-10-13(19)6-9-15(16)20/h4-10H,3H2,1-2H3,(H,21,25). The molecule has 5 nitrogen and oxygen atoms in total. The molecule has 0 saturated heterocycles. The normalized spacial score (nSPS) is 10.7. The number of hydrogen-bond acceptors (Lipinski definition) is 3. The van der Waals surface area contributed by atoms with E-state index in [9.17, 15) is 4.79 Å². The summed E-state index contributed by atoms with van der Waals surface area (Å²) in [6.07, 6.45) is 0.963. The summed E-state index contributed by atoms with van der Waals surface area (Å²) in [4.78, 5) is 12.5. The Morgan fingerprint density at radius 1 is 1.16 bits per heavy atom. The largest absolute Gasteiger partial charge is 0.319 e. The zero-order valence-electron chi connectivity index (χ0n) is 13.8. The summed E-state index contributed by atoms with van der Waals surface area (Å²) in [5.74, 6) is -0.391. The SMILES string of the molecule is CCc1ccc(-n2nnc(C(=O)Nc3cc(Cl)ccc3Cl)c2C)cc1. The summed E-state index contributed by atoms with van der Waals surface area (Å²) in [6.45, 7) is 3.89. The third-order valence-electron chi connectivity index (χ3n) is 3.88. The van der Waals surface area contributed by atoms with Crippen LogP contribution >= 0.6 is 23.2 Å². The lowest BCUT2D eigenvalue weighted by atomic mass is 10.1. The third-order valence-corrected chi connectivity index (χ3v) is 4.44. The van der Waals surface area contributed by atoms with Gasteiger partial charge in [-0.05, 0) is 49.2 Å². The first-order valence-electron chi connectivity index (χ1n) is 7.77. The van der Waals surface area contributed by atoms with Crippen molar-refractivity contribution in [1.29, 1.82) is 0 Å². The zero-order valence-corrected chi connectivity index (χ0v) is 15.3. The van der Waals surface area contributed by atoms with Crippen molar-refractivity contribution in [2.75, 3.05) is 5.32 Å². The van der Waals surface area contributed by atoms with Crippen molar-refractivity contribution in [2.45, 2.75) is 20.3 Å². The molecular weight excluding hydrogens is 359 g/mol. The Kier molecular flexibility index (Phi) is 5.06. The summed E-state index contributed by atoms with van der Waals surface area (Å²) >= 11 is 12.0. The van der Waals surface area contributed by atoms with Gasteiger partial charge in [0.25, 0.3) is 5.91 Å². The van der Waals surface area contributed by atoms with Crippen molar-refractivity contribution in [3.05, 3.63) is 69.5 Å². The van der Waals surface area contributed by atoms with Gasteiger partial charge in [-0.25, -0.2) is 4.68 Å². The van der Waals surface area contributed by atoms with Crippen LogP contribution in [0.5, 0.6) is 0 Å². The molecule has 0 fully saturated rings. The van der Waals surface area contributed by atoms with Crippen LogP contribution in [0.4, 0.5) is 5.69 Å². The predicted molar refractivity (Wildman–Crippen MR) is 99.9 cm³/mol. The minimum atomic E-state index is -0.391. The Morgan fingerprint density at radius 2 is 1.88 bits per heavy atom. The Balaban J connectivity index is 1.87. The second kappa shape index (κ2) is 7.25. The first-order valence-corrected chi connectivity index (χ1v) is 8.53. The summed E-state index contributed by atoms with van der Waals surface area (Å²) in [5, 5.41) is 11.7. The maximum atomic E-state index is 12.5. The Hall–Kier alpha value is -2.37. The van der Waals surface area contributed by atoms with Crippen molar-refractivity contribution >= 4 is 34.8 Å². The van der Waals surface area contributed by atoms with Gasteiger partial charge in [0.1, 0.15) is 0 Å². The Morgan fingerprint density at radius 3 is 2.56 bits per heavy atom. The smallest absolute Gasteiger partial charge is 0.278 e. The lowest BCUT2D eigenvalue weighted by molar-refractivity contribution is 0.102. The highest BCUT2D eigenvalue weighted by Crippen LogP contribution is 2.26. The van der Waals surface area contributed by atoms with Crippen LogP contribution in [0, 0.1) is 6.92 Å². The summed E-state index contributed by atoms with van der Waals surface area (Å²) < 4.78 is 1.63. The highest BCUT2D eigenvalue weighted by molar-refractivity contribution is 6.35. The minimum Gasteiger partial charge on any atom is -0.319 e. The molecule has 2 aromatic carbocycles. The van der Waals surface area contributed by atoms with Crippen LogP contribution in [0.3, 0.4) is 0 Å². The molecule has 0 aliphatic heterocycles. The number of carbonyl (C=O) groups excluding carboxylic acids is 1. The Bertz CT molecular complexity index is 919. The molecule has 1 amide bonds. The number of nitrogens with zero attached hydrogens (tertiary/aromatic N) is 3. The second-order valence-corrected chi connectivity index (χ2v) is 6.38. The molecule has 25 heavy (non-hydrogen) atoms. The van der Waals surface area contributed by atoms with E-state index in [-0.39, 0.29) is 5.69 Å². The van der Waals surface area contributed by atoms with Gasteiger partial charge in [0.2, 0.25) is 0 Å². The molecule has 128 valence electrons. The van der Waals surface area contributed by atoms with Crippen molar-refractivity contribution in [3.8, 4) is 5.69 Å². The number of nitrogens with one attached hydrogen (secondary N) is 1. The highest BCUT2D eigenvalue weighted by Gasteiger charge is 2.18. The van der Waals surface area contributed by atoms with Gasteiger partial charge in [0, 0.05) is 5.02 Å². The average Bonchev–Trinajstić information content (AvgIpc) is 3.00. The lowest BCUT2D eigenvalue weighted by Gasteiger charge is -2.07. The molecule has 3 rings (SSSR count). The van der Waals surface area contributed by atoms with Crippen molar-refractivity contribution in [1.82, 2.24) is 15.0 Å². The highest BCUT2D eigenvalue weighted by atomic mass is 35.5. The quantitative estimate of drug-likeness (QED) is 0.719. The fourth-order valence-electron chi connectivity index (χ4n) is 2.43. The number of aromatic nitrogens is 3. The van der Waals surface area contributed by atoms with Crippen LogP contribution in [0.15, 0.2) is 42.5 Å². The van der Waals surface area contributed by atoms with Crippen molar-refractivity contribution < 1.29 is 4.79 Å². The first kappa shape index (κ1) is 17.5. The van der Waals surface area contributed by atoms with E-state index in [2.05, 4.69) is 22.6 Å². The number of hydrogen-bond donors (Lipinski definition) is 1. The number of carbonyl (C=O) groups is 1. The molecule has 0 atom stereocenters. The topological polar surface area (TPSA) is 59.8 Å². The third kappa shape index (κ3) is 3.67. The maximum absolute atomic E-state index is 12.5. The summed E-state index contributed by atoms with van der Waals surface area (Å²) in [7, 11) is 0. The van der Waals surface area contributed by atoms with E-state index in [1.807, 2.05) is 24.3 Å². The molecule has 1 N–H and O–H groups in total. The van der Waals surface area contributed by atoms with Crippen LogP contribution in [0.2, 0.25) is 10.0 Å². The number of amides is 1. The van der Waals surface area contributed by atoms with E-state index in [4.69, 9.17) is 23.2 Å². The number of anilines is 1. The van der Waals surface area contributed by atoms with E-state index in [1.54, 1.807) is 29.8 Å². The van der Waals surface area contributed by atoms with Crippen molar-refractivity contribution in [2.24, 2.45) is 0 Å². The average molecular weight is 375 g/mol. The summed E-state index contributed by atoms with van der Waals surface area (Å²) in [6, 6.07) is 12.8. The minimum absolute atomic E-state index is 0.232. The van der Waals surface area contributed by atoms with Gasteiger partial charge in [0.05, 0.1) is 22.1 Å². The zero-order chi connectivity index (χ0) is 18.0. The van der Waals surface area contributed by atoms with Gasteiger partial charge < -0.3 is 5.32 Å². The van der Waals surface area contributed by atoms with Crippen LogP contribution in [0.1, 0.15) is 28.7 Å². The van der Waals surface area contributed by atoms with Crippen LogP contribution < -0.4 is 5.32 Å². The number of halogens is 2. The van der Waals surface area contributed by atoms with Gasteiger partial charge in [-0.3, -0.25) is 4.79 Å². The molecule has 0 spiro atoms. The van der Waals surface area contributed by atoms with Crippen molar-refractivity contribution in [3.63, 3.8) is 0 Å². The molecule has 0 radical (unpaired) electrons. The molecule has 0 aliphatic carbocycles. The first-order chi connectivity index (χ1) is 12.0. The van der Waals surface area contributed by atoms with Gasteiger partial charge >= 0.3 is 0 Å². The predicted octanol–water partition coefficient (Wildman–Crippen LogP) is 4.70. The molecular formula is C18H16Cl2N4O. The summed E-state index contributed by atoms with van der Waals surface area (Å²) in [5.41, 5.74) is 3.38. The molecule has 0 saturated carbocycles. The number of aryl methyl sites for hydroxylation is 1. The van der Waals surface area contributed by atoms with E-state index in [0.717, 1.165) is 12.1 Å².